The second-order valence-corrected chi connectivity index (χ2v) is 5.70. The third-order valence-corrected chi connectivity index (χ3v) is 4.17. The van der Waals surface area contributed by atoms with Crippen molar-refractivity contribution in [1.29, 1.82) is 0 Å². The highest BCUT2D eigenvalue weighted by Crippen LogP contribution is 2.35. The van der Waals surface area contributed by atoms with Crippen LogP contribution in [0.2, 0.25) is 0 Å². The molecule has 0 aromatic carbocycles. The number of hydrogen-bond donors (Lipinski definition) is 1. The van der Waals surface area contributed by atoms with E-state index in [2.05, 4.69) is 18.7 Å². The van der Waals surface area contributed by atoms with Gasteiger partial charge in [-0.3, -0.25) is 4.90 Å². The fraction of sp³-hybridized carbons (Fsp3) is 1.00. The molecule has 0 aliphatic heterocycles. The highest BCUT2D eigenvalue weighted by molar-refractivity contribution is 4.92. The van der Waals surface area contributed by atoms with Gasteiger partial charge in [-0.15, -0.1) is 0 Å². The second kappa shape index (κ2) is 4.42. The van der Waals surface area contributed by atoms with Crippen molar-refractivity contribution in [1.82, 2.24) is 4.90 Å². The maximum atomic E-state index is 10.5. The lowest BCUT2D eigenvalue weighted by atomic mass is 9.79. The van der Waals surface area contributed by atoms with Gasteiger partial charge in [-0.1, -0.05) is 13.8 Å². The summed E-state index contributed by atoms with van der Waals surface area (Å²) < 4.78 is 0. The van der Waals surface area contributed by atoms with Gasteiger partial charge in [0.1, 0.15) is 0 Å². The minimum atomic E-state index is -0.370. The molecule has 2 aliphatic rings. The first kappa shape index (κ1) is 11.4. The molecule has 88 valence electrons. The molecule has 0 bridgehead atoms. The van der Waals surface area contributed by atoms with Gasteiger partial charge in [0.05, 0.1) is 5.60 Å². The Morgan fingerprint density at radius 1 is 1.20 bits per heavy atom. The van der Waals surface area contributed by atoms with Crippen LogP contribution >= 0.6 is 0 Å². The minimum Gasteiger partial charge on any atom is -0.389 e. The maximum absolute atomic E-state index is 10.5. The highest BCUT2D eigenvalue weighted by atomic mass is 16.3. The fourth-order valence-electron chi connectivity index (χ4n) is 2.77. The molecule has 2 saturated carbocycles. The standard InChI is InChI=1S/C13H25NO/c1-3-14(12-4-5-12)10-13(15)8-6-11(2)7-9-13/h11-12,15H,3-10H2,1-2H3. The third-order valence-electron chi connectivity index (χ3n) is 4.17. The SMILES string of the molecule is CCN(CC1(O)CCC(C)CC1)C1CC1. The topological polar surface area (TPSA) is 23.5 Å². The number of aliphatic hydroxyl groups is 1. The lowest BCUT2D eigenvalue weighted by Crippen LogP contribution is -2.46. The molecule has 0 aromatic heterocycles. The summed E-state index contributed by atoms with van der Waals surface area (Å²) >= 11 is 0. The van der Waals surface area contributed by atoms with Gasteiger partial charge in [-0.05, 0) is 51.0 Å². The summed E-state index contributed by atoms with van der Waals surface area (Å²) in [5.41, 5.74) is -0.370. The first-order chi connectivity index (χ1) is 7.13. The van der Waals surface area contributed by atoms with Crippen molar-refractivity contribution >= 4 is 0 Å². The number of likely N-dealkylation sites (N-methyl/N-ethyl adjacent to an activating group) is 1. The smallest absolute Gasteiger partial charge is 0.0774 e. The summed E-state index contributed by atoms with van der Waals surface area (Å²) in [5.74, 6) is 0.821. The van der Waals surface area contributed by atoms with Crippen LogP contribution in [0.1, 0.15) is 52.4 Å². The zero-order valence-electron chi connectivity index (χ0n) is 10.2. The summed E-state index contributed by atoms with van der Waals surface area (Å²) in [7, 11) is 0. The zero-order valence-corrected chi connectivity index (χ0v) is 10.2. The van der Waals surface area contributed by atoms with E-state index in [4.69, 9.17) is 0 Å². The van der Waals surface area contributed by atoms with Crippen LogP contribution in [0.3, 0.4) is 0 Å². The van der Waals surface area contributed by atoms with Crippen LogP contribution in [0.4, 0.5) is 0 Å². The normalized spacial score (nSPS) is 37.2. The molecule has 0 unspecified atom stereocenters. The average molecular weight is 211 g/mol. The number of rotatable bonds is 4. The Bertz CT molecular complexity index is 205. The van der Waals surface area contributed by atoms with E-state index in [1.54, 1.807) is 0 Å². The van der Waals surface area contributed by atoms with Gasteiger partial charge in [-0.25, -0.2) is 0 Å². The molecule has 15 heavy (non-hydrogen) atoms. The van der Waals surface area contributed by atoms with E-state index in [-0.39, 0.29) is 5.60 Å². The van der Waals surface area contributed by atoms with E-state index >= 15 is 0 Å². The first-order valence-electron chi connectivity index (χ1n) is 6.59. The predicted molar refractivity (Wildman–Crippen MR) is 62.9 cm³/mol. The summed E-state index contributed by atoms with van der Waals surface area (Å²) in [6.07, 6.45) is 7.13. The molecule has 1 N–H and O–H groups in total. The van der Waals surface area contributed by atoms with E-state index in [0.717, 1.165) is 37.9 Å². The Morgan fingerprint density at radius 2 is 1.80 bits per heavy atom. The molecule has 2 rings (SSSR count). The van der Waals surface area contributed by atoms with Gasteiger partial charge in [0, 0.05) is 12.6 Å². The summed E-state index contributed by atoms with van der Waals surface area (Å²) in [6.45, 7) is 6.54. The van der Waals surface area contributed by atoms with Gasteiger partial charge in [-0.2, -0.15) is 0 Å². The van der Waals surface area contributed by atoms with E-state index < -0.39 is 0 Å². The van der Waals surface area contributed by atoms with Crippen molar-refractivity contribution in [3.63, 3.8) is 0 Å². The summed E-state index contributed by atoms with van der Waals surface area (Å²) in [4.78, 5) is 2.48. The molecule has 0 amide bonds. The molecule has 0 radical (unpaired) electrons. The van der Waals surface area contributed by atoms with E-state index in [9.17, 15) is 5.11 Å². The van der Waals surface area contributed by atoms with Crippen LogP contribution < -0.4 is 0 Å². The van der Waals surface area contributed by atoms with Crippen molar-refractivity contribution in [3.8, 4) is 0 Å². The maximum Gasteiger partial charge on any atom is 0.0774 e. The molecule has 0 spiro atoms. The molecule has 0 heterocycles. The summed E-state index contributed by atoms with van der Waals surface area (Å²) in [6, 6.07) is 0.790. The molecular weight excluding hydrogens is 186 g/mol. The Hall–Kier alpha value is -0.0800. The van der Waals surface area contributed by atoms with E-state index in [1.165, 1.54) is 25.7 Å². The Kier molecular flexibility index (Phi) is 3.36. The van der Waals surface area contributed by atoms with Crippen LogP contribution in [0, 0.1) is 5.92 Å². The monoisotopic (exact) mass is 211 g/mol. The van der Waals surface area contributed by atoms with Crippen molar-refractivity contribution in [2.45, 2.75) is 64.0 Å². The van der Waals surface area contributed by atoms with Crippen molar-refractivity contribution in [2.24, 2.45) is 5.92 Å². The molecule has 2 heteroatoms. The number of hydrogen-bond acceptors (Lipinski definition) is 2. The highest BCUT2D eigenvalue weighted by Gasteiger charge is 2.37. The Labute approximate surface area is 93.7 Å². The van der Waals surface area contributed by atoms with Crippen molar-refractivity contribution in [2.75, 3.05) is 13.1 Å². The fourth-order valence-corrected chi connectivity index (χ4v) is 2.77. The molecule has 0 aromatic rings. The van der Waals surface area contributed by atoms with Crippen LogP contribution in [0.5, 0.6) is 0 Å². The Balaban J connectivity index is 1.85. The minimum absolute atomic E-state index is 0.370. The second-order valence-electron chi connectivity index (χ2n) is 5.70. The zero-order chi connectivity index (χ0) is 10.9. The van der Waals surface area contributed by atoms with Crippen molar-refractivity contribution < 1.29 is 5.11 Å². The lowest BCUT2D eigenvalue weighted by Gasteiger charge is -2.38. The van der Waals surface area contributed by atoms with Gasteiger partial charge < -0.3 is 5.11 Å². The molecular formula is C13H25NO. The van der Waals surface area contributed by atoms with E-state index in [0.29, 0.717) is 0 Å². The van der Waals surface area contributed by atoms with Crippen LogP contribution in [-0.2, 0) is 0 Å². The molecule has 2 nitrogen and oxygen atoms in total. The van der Waals surface area contributed by atoms with Crippen LogP contribution in [0.25, 0.3) is 0 Å². The van der Waals surface area contributed by atoms with Crippen LogP contribution in [-0.4, -0.2) is 34.7 Å². The van der Waals surface area contributed by atoms with Crippen LogP contribution in [0.15, 0.2) is 0 Å². The van der Waals surface area contributed by atoms with Gasteiger partial charge in [0.15, 0.2) is 0 Å². The first-order valence-corrected chi connectivity index (χ1v) is 6.59. The number of nitrogens with zero attached hydrogens (tertiary/aromatic N) is 1. The van der Waals surface area contributed by atoms with Gasteiger partial charge >= 0.3 is 0 Å². The Morgan fingerprint density at radius 3 is 2.27 bits per heavy atom. The molecule has 0 saturated heterocycles. The molecule has 2 aliphatic carbocycles. The average Bonchev–Trinajstić information content (AvgIpc) is 3.03. The largest absolute Gasteiger partial charge is 0.389 e. The van der Waals surface area contributed by atoms with Crippen molar-refractivity contribution in [3.05, 3.63) is 0 Å². The third kappa shape index (κ3) is 2.94. The predicted octanol–water partition coefficient (Wildman–Crippen LogP) is 2.41. The van der Waals surface area contributed by atoms with Gasteiger partial charge in [0.2, 0.25) is 0 Å². The van der Waals surface area contributed by atoms with Gasteiger partial charge in [0.25, 0.3) is 0 Å². The van der Waals surface area contributed by atoms with E-state index in [1.807, 2.05) is 0 Å². The molecule has 2 fully saturated rings. The lowest BCUT2D eigenvalue weighted by molar-refractivity contribution is -0.0358. The summed E-state index contributed by atoms with van der Waals surface area (Å²) in [5, 5.41) is 10.5. The quantitative estimate of drug-likeness (QED) is 0.772. The molecule has 0 atom stereocenters.